The second kappa shape index (κ2) is 18.0. The van der Waals surface area contributed by atoms with E-state index in [1.807, 2.05) is 140 Å². The molecule has 5 aromatic carbocycles. The van der Waals surface area contributed by atoms with Crippen molar-refractivity contribution in [2.45, 2.75) is 29.5 Å². The van der Waals surface area contributed by atoms with E-state index in [0.29, 0.717) is 22.9 Å². The van der Waals surface area contributed by atoms with E-state index in [-0.39, 0.29) is 31.7 Å². The molecule has 0 heterocycles. The van der Waals surface area contributed by atoms with E-state index in [2.05, 4.69) is 0 Å². The topological polar surface area (TPSA) is 85.8 Å². The summed E-state index contributed by atoms with van der Waals surface area (Å²) in [5.74, 6) is 1.40. The lowest BCUT2D eigenvalue weighted by atomic mass is 10.1. The molecule has 0 aromatic heterocycles. The van der Waals surface area contributed by atoms with Crippen molar-refractivity contribution in [1.82, 2.24) is 9.80 Å². The zero-order valence-electron chi connectivity index (χ0n) is 29.3. The zero-order valence-corrected chi connectivity index (χ0v) is 30.1. The van der Waals surface area contributed by atoms with Crippen LogP contribution in [0.25, 0.3) is 0 Å². The number of benzene rings is 5. The van der Waals surface area contributed by atoms with Gasteiger partial charge in [-0.25, -0.2) is 9.59 Å². The van der Waals surface area contributed by atoms with Crippen molar-refractivity contribution in [3.05, 3.63) is 151 Å². The molecule has 0 fully saturated rings. The fourth-order valence-electron chi connectivity index (χ4n) is 5.59. The minimum Gasteiger partial charge on any atom is -0.497 e. The van der Waals surface area contributed by atoms with E-state index in [9.17, 15) is 14.7 Å². The summed E-state index contributed by atoms with van der Waals surface area (Å²) in [7, 11) is 6.66. The number of nitrogens with zero attached hydrogens (tertiary/aromatic N) is 4. The summed E-state index contributed by atoms with van der Waals surface area (Å²) < 4.78 is 10.7. The highest BCUT2D eigenvalue weighted by Crippen LogP contribution is 2.32. The average molecular weight is 705 g/mol. The van der Waals surface area contributed by atoms with E-state index in [4.69, 9.17) is 9.47 Å². The quantitative estimate of drug-likeness (QED) is 0.0932. The Kier molecular flexibility index (Phi) is 13.0. The number of thioether (sulfide) groups is 1. The number of urea groups is 2. The Balaban J connectivity index is 1.54. The lowest BCUT2D eigenvalue weighted by Crippen LogP contribution is -2.53. The van der Waals surface area contributed by atoms with Gasteiger partial charge in [-0.15, -0.1) is 0 Å². The smallest absolute Gasteiger partial charge is 0.325 e. The van der Waals surface area contributed by atoms with Gasteiger partial charge in [0.05, 0.1) is 20.8 Å². The maximum absolute atomic E-state index is 14.6. The van der Waals surface area contributed by atoms with Gasteiger partial charge in [-0.2, -0.15) is 0 Å². The number of amides is 4. The number of methoxy groups -OCH3 is 2. The molecular formula is C41H44N4O5S. The lowest BCUT2D eigenvalue weighted by Gasteiger charge is -2.39. The lowest BCUT2D eigenvalue weighted by molar-refractivity contribution is 0.0766. The summed E-state index contributed by atoms with van der Waals surface area (Å²) in [6, 6.07) is 42.8. The van der Waals surface area contributed by atoms with Crippen LogP contribution in [-0.4, -0.2) is 73.3 Å². The van der Waals surface area contributed by atoms with Crippen molar-refractivity contribution < 1.29 is 24.2 Å². The first kappa shape index (κ1) is 36.8. The summed E-state index contributed by atoms with van der Waals surface area (Å²) in [5.41, 5.74) is 3.14. The average Bonchev–Trinajstić information content (AvgIpc) is 3.19. The van der Waals surface area contributed by atoms with Crippen LogP contribution < -0.4 is 19.3 Å². The highest BCUT2D eigenvalue weighted by atomic mass is 32.2. The molecule has 5 rings (SSSR count). The minimum absolute atomic E-state index is 0.0615. The molecule has 0 aliphatic carbocycles. The number of hydrogen-bond donors (Lipinski definition) is 1. The van der Waals surface area contributed by atoms with Gasteiger partial charge in [-0.1, -0.05) is 90.6 Å². The van der Waals surface area contributed by atoms with Crippen LogP contribution in [0.1, 0.15) is 11.1 Å². The van der Waals surface area contributed by atoms with Gasteiger partial charge < -0.3 is 24.4 Å². The molecule has 0 spiro atoms. The minimum atomic E-state index is -1.17. The Morgan fingerprint density at radius 1 is 0.608 bits per heavy atom. The number of anilines is 2. The first-order valence-electron chi connectivity index (χ1n) is 16.6. The number of carbonyl (C=O) groups excluding carboxylic acids is 2. The van der Waals surface area contributed by atoms with Crippen LogP contribution in [0.15, 0.2) is 144 Å². The van der Waals surface area contributed by atoms with Crippen molar-refractivity contribution in [3.63, 3.8) is 0 Å². The SMILES string of the molecule is COc1ccc(CN(CC(O)C(Sc2ccccc2)N(Cc2ccc(OC)cc2)C(=O)N(C)c2ccccc2)C(=O)N(C)c2ccccc2)cc1. The molecule has 0 aliphatic heterocycles. The van der Waals surface area contributed by atoms with Crippen LogP contribution in [0, 0.1) is 0 Å². The number of carbonyl (C=O) groups is 2. The maximum atomic E-state index is 14.6. The van der Waals surface area contributed by atoms with E-state index >= 15 is 0 Å². The third kappa shape index (κ3) is 9.84. The standard InChI is InChI=1S/C41H44N4O5S/c1-42(33-14-8-5-9-15-33)40(47)44(28-31-20-24-35(49-3)25-21-31)30-38(46)39(51-37-18-12-7-13-19-37)45(29-32-22-26-36(50-4)27-23-32)41(48)43(2)34-16-10-6-11-17-34/h5-27,38-39,46H,28-30H2,1-4H3. The summed E-state index contributed by atoms with van der Waals surface area (Å²) >= 11 is 1.38. The largest absolute Gasteiger partial charge is 0.497 e. The number of para-hydroxylation sites is 2. The second-order valence-corrected chi connectivity index (χ2v) is 13.1. The van der Waals surface area contributed by atoms with Crippen molar-refractivity contribution in [2.75, 3.05) is 44.7 Å². The van der Waals surface area contributed by atoms with Crippen molar-refractivity contribution in [3.8, 4) is 11.5 Å². The Morgan fingerprint density at radius 2 is 1.04 bits per heavy atom. The molecule has 0 aliphatic rings. The number of ether oxygens (including phenoxy) is 2. The second-order valence-electron chi connectivity index (χ2n) is 11.9. The molecular weight excluding hydrogens is 661 g/mol. The van der Waals surface area contributed by atoms with Crippen LogP contribution in [0.3, 0.4) is 0 Å². The number of aliphatic hydroxyl groups excluding tert-OH is 1. The van der Waals surface area contributed by atoms with Crippen LogP contribution in [-0.2, 0) is 13.1 Å². The van der Waals surface area contributed by atoms with Crippen LogP contribution in [0.4, 0.5) is 21.0 Å². The van der Waals surface area contributed by atoms with Gasteiger partial charge in [0.1, 0.15) is 23.0 Å². The third-order valence-electron chi connectivity index (χ3n) is 8.47. The first-order chi connectivity index (χ1) is 24.8. The Labute approximate surface area is 304 Å². The van der Waals surface area contributed by atoms with Crippen molar-refractivity contribution in [1.29, 1.82) is 0 Å². The van der Waals surface area contributed by atoms with E-state index in [1.165, 1.54) is 11.8 Å². The highest BCUT2D eigenvalue weighted by Gasteiger charge is 2.35. The van der Waals surface area contributed by atoms with Crippen molar-refractivity contribution >= 4 is 35.2 Å². The van der Waals surface area contributed by atoms with Crippen LogP contribution >= 0.6 is 11.8 Å². The molecule has 0 saturated carbocycles. The normalized spacial score (nSPS) is 11.9. The van der Waals surface area contributed by atoms with Gasteiger partial charge in [-0.3, -0.25) is 9.80 Å². The summed E-state index contributed by atoms with van der Waals surface area (Å²) in [6.45, 7) is 0.349. The molecule has 9 nitrogen and oxygen atoms in total. The molecule has 2 unspecified atom stereocenters. The molecule has 0 saturated heterocycles. The molecule has 4 amide bonds. The molecule has 1 N–H and O–H groups in total. The van der Waals surface area contributed by atoms with Gasteiger partial charge >= 0.3 is 12.1 Å². The zero-order chi connectivity index (χ0) is 36.2. The van der Waals surface area contributed by atoms with Gasteiger partial charge in [0.15, 0.2) is 0 Å². The van der Waals surface area contributed by atoms with E-state index in [1.54, 1.807) is 47.9 Å². The molecule has 264 valence electrons. The predicted octanol–water partition coefficient (Wildman–Crippen LogP) is 8.00. The summed E-state index contributed by atoms with van der Waals surface area (Å²) in [6.07, 6.45) is -1.17. The monoisotopic (exact) mass is 704 g/mol. The van der Waals surface area contributed by atoms with Gasteiger partial charge in [0.25, 0.3) is 0 Å². The Bertz CT molecular complexity index is 1810. The summed E-state index contributed by atoms with van der Waals surface area (Å²) in [5, 5.41) is 11.5. The molecule has 51 heavy (non-hydrogen) atoms. The predicted molar refractivity (Wildman–Crippen MR) is 205 cm³/mol. The molecule has 5 aromatic rings. The van der Waals surface area contributed by atoms with Gasteiger partial charge in [0.2, 0.25) is 0 Å². The fourth-order valence-corrected chi connectivity index (χ4v) is 6.72. The van der Waals surface area contributed by atoms with E-state index in [0.717, 1.165) is 16.0 Å². The van der Waals surface area contributed by atoms with Crippen molar-refractivity contribution in [2.24, 2.45) is 0 Å². The first-order valence-corrected chi connectivity index (χ1v) is 17.5. The third-order valence-corrected chi connectivity index (χ3v) is 9.82. The van der Waals surface area contributed by atoms with Gasteiger partial charge in [-0.05, 0) is 71.8 Å². The fraction of sp³-hybridized carbons (Fsp3) is 0.220. The Morgan fingerprint density at radius 3 is 1.51 bits per heavy atom. The Hall–Kier alpha value is -5.45. The van der Waals surface area contributed by atoms with E-state index < -0.39 is 11.5 Å². The summed E-state index contributed by atoms with van der Waals surface area (Å²) in [4.78, 5) is 36.1. The maximum Gasteiger partial charge on any atom is 0.325 e. The van der Waals surface area contributed by atoms with Crippen LogP contribution in [0.2, 0.25) is 0 Å². The molecule has 2 atom stereocenters. The highest BCUT2D eigenvalue weighted by molar-refractivity contribution is 8.00. The van der Waals surface area contributed by atoms with Crippen LogP contribution in [0.5, 0.6) is 11.5 Å². The number of hydrogen-bond acceptors (Lipinski definition) is 6. The number of aliphatic hydroxyl groups is 1. The molecule has 0 radical (unpaired) electrons. The molecule has 10 heteroatoms. The molecule has 0 bridgehead atoms. The van der Waals surface area contributed by atoms with Gasteiger partial charge in [0, 0.05) is 43.5 Å². The number of rotatable bonds is 14.